The minimum absolute atomic E-state index is 0.260. The fourth-order valence-electron chi connectivity index (χ4n) is 2.43. The van der Waals surface area contributed by atoms with E-state index in [0.717, 1.165) is 11.3 Å². The predicted molar refractivity (Wildman–Crippen MR) is 100 cm³/mol. The Hall–Kier alpha value is -3.26. The molecule has 140 valence electrons. The molecule has 0 fully saturated rings. The van der Waals surface area contributed by atoms with Crippen LogP contribution in [0.1, 0.15) is 21.7 Å². The lowest BCUT2D eigenvalue weighted by Crippen LogP contribution is -2.14. The molecule has 0 spiro atoms. The number of methoxy groups -OCH3 is 1. The molecule has 0 bridgehead atoms. The Morgan fingerprint density at radius 3 is 2.56 bits per heavy atom. The molecule has 1 aromatic carbocycles. The van der Waals surface area contributed by atoms with Gasteiger partial charge in [-0.05, 0) is 32.0 Å². The van der Waals surface area contributed by atoms with Crippen LogP contribution in [0.3, 0.4) is 0 Å². The first-order chi connectivity index (χ1) is 13.1. The van der Waals surface area contributed by atoms with Gasteiger partial charge in [-0.15, -0.1) is 5.10 Å². The summed E-state index contributed by atoms with van der Waals surface area (Å²) in [6.07, 6.45) is 1.53. The molecule has 3 aromatic rings. The minimum Gasteiger partial charge on any atom is -0.475 e. The third kappa shape index (κ3) is 4.48. The van der Waals surface area contributed by atoms with Crippen LogP contribution in [0, 0.1) is 13.8 Å². The van der Waals surface area contributed by atoms with Crippen LogP contribution in [0.5, 0.6) is 5.88 Å². The van der Waals surface area contributed by atoms with Gasteiger partial charge < -0.3 is 14.8 Å². The Bertz CT molecular complexity index is 904. The molecular weight excluding hydrogens is 346 g/mol. The zero-order valence-electron chi connectivity index (χ0n) is 15.5. The Labute approximate surface area is 157 Å². The largest absolute Gasteiger partial charge is 0.475 e. The number of anilines is 1. The van der Waals surface area contributed by atoms with Gasteiger partial charge in [0.2, 0.25) is 5.88 Å². The molecule has 3 rings (SSSR count). The molecule has 8 nitrogen and oxygen atoms in total. The molecule has 0 saturated heterocycles. The molecular formula is C19H21N5O3. The van der Waals surface area contributed by atoms with Crippen molar-refractivity contribution in [2.75, 3.05) is 25.6 Å². The molecule has 27 heavy (non-hydrogen) atoms. The third-order valence-corrected chi connectivity index (χ3v) is 3.92. The van der Waals surface area contributed by atoms with Gasteiger partial charge in [-0.1, -0.05) is 22.9 Å². The second-order valence-corrected chi connectivity index (χ2v) is 5.95. The number of rotatable bonds is 7. The van der Waals surface area contributed by atoms with Crippen LogP contribution in [0.25, 0.3) is 5.69 Å². The highest BCUT2D eigenvalue weighted by atomic mass is 16.5. The number of aromatic nitrogens is 4. The highest BCUT2D eigenvalue weighted by Crippen LogP contribution is 2.16. The van der Waals surface area contributed by atoms with E-state index in [-0.39, 0.29) is 11.6 Å². The van der Waals surface area contributed by atoms with E-state index in [0.29, 0.717) is 30.5 Å². The number of nitrogens with zero attached hydrogens (tertiary/aromatic N) is 4. The van der Waals surface area contributed by atoms with Crippen LogP contribution < -0.4 is 10.1 Å². The lowest BCUT2D eigenvalue weighted by molar-refractivity contribution is 0.102. The molecule has 0 aliphatic rings. The summed E-state index contributed by atoms with van der Waals surface area (Å²) in [7, 11) is 1.60. The van der Waals surface area contributed by atoms with Gasteiger partial charge in [0, 0.05) is 13.2 Å². The van der Waals surface area contributed by atoms with Crippen LogP contribution in [0.4, 0.5) is 5.69 Å². The van der Waals surface area contributed by atoms with Gasteiger partial charge in [0.25, 0.3) is 5.91 Å². The second kappa shape index (κ2) is 8.41. The zero-order valence-corrected chi connectivity index (χ0v) is 15.5. The lowest BCUT2D eigenvalue weighted by atomic mass is 10.2. The molecule has 0 unspecified atom stereocenters. The predicted octanol–water partition coefficient (Wildman–Crippen LogP) is 2.56. The molecule has 2 heterocycles. The average Bonchev–Trinajstić information content (AvgIpc) is 3.05. The van der Waals surface area contributed by atoms with Crippen LogP contribution in [-0.2, 0) is 4.74 Å². The number of ether oxygens (including phenoxy) is 2. The summed E-state index contributed by atoms with van der Waals surface area (Å²) in [5.74, 6) is 0.118. The molecule has 2 aromatic heterocycles. The average molecular weight is 367 g/mol. The molecule has 0 saturated carbocycles. The van der Waals surface area contributed by atoms with Crippen molar-refractivity contribution in [2.45, 2.75) is 13.8 Å². The van der Waals surface area contributed by atoms with Crippen molar-refractivity contribution in [1.29, 1.82) is 0 Å². The Balaban J connectivity index is 1.69. The standard InChI is InChI=1S/C19H21N5O3/c1-13-4-7-16(8-5-13)24-14(2)18(22-23-24)19(25)21-15-6-9-17(20-12-15)27-11-10-26-3/h4-9,12H,10-11H2,1-3H3,(H,21,25). The number of pyridine rings is 1. The van der Waals surface area contributed by atoms with E-state index in [2.05, 4.69) is 20.6 Å². The van der Waals surface area contributed by atoms with Crippen LogP contribution in [0.2, 0.25) is 0 Å². The van der Waals surface area contributed by atoms with Gasteiger partial charge in [0.05, 0.1) is 29.9 Å². The normalized spacial score (nSPS) is 10.6. The number of hydrogen-bond acceptors (Lipinski definition) is 6. The van der Waals surface area contributed by atoms with Gasteiger partial charge in [-0.2, -0.15) is 0 Å². The first-order valence-corrected chi connectivity index (χ1v) is 8.47. The number of carbonyl (C=O) groups excluding carboxylic acids is 1. The van der Waals surface area contributed by atoms with Crippen molar-refractivity contribution < 1.29 is 14.3 Å². The highest BCUT2D eigenvalue weighted by molar-refractivity contribution is 6.03. The molecule has 1 N–H and O–H groups in total. The lowest BCUT2D eigenvalue weighted by Gasteiger charge is -2.07. The summed E-state index contributed by atoms with van der Waals surface area (Å²) >= 11 is 0. The smallest absolute Gasteiger partial charge is 0.278 e. The van der Waals surface area contributed by atoms with Crippen molar-refractivity contribution in [3.8, 4) is 11.6 Å². The number of amides is 1. The van der Waals surface area contributed by atoms with Gasteiger partial charge in [0.15, 0.2) is 5.69 Å². The van der Waals surface area contributed by atoms with Crippen molar-refractivity contribution in [3.05, 3.63) is 59.5 Å². The van der Waals surface area contributed by atoms with E-state index in [4.69, 9.17) is 9.47 Å². The van der Waals surface area contributed by atoms with E-state index >= 15 is 0 Å². The molecule has 0 aliphatic heterocycles. The summed E-state index contributed by atoms with van der Waals surface area (Å²) < 4.78 is 11.9. The molecule has 0 atom stereocenters. The van der Waals surface area contributed by atoms with E-state index in [1.54, 1.807) is 30.8 Å². The number of carbonyl (C=O) groups is 1. The highest BCUT2D eigenvalue weighted by Gasteiger charge is 2.17. The van der Waals surface area contributed by atoms with Crippen LogP contribution in [0.15, 0.2) is 42.6 Å². The maximum absolute atomic E-state index is 12.5. The first-order valence-electron chi connectivity index (χ1n) is 8.47. The topological polar surface area (TPSA) is 91.2 Å². The van der Waals surface area contributed by atoms with Gasteiger partial charge in [0.1, 0.15) is 6.61 Å². The van der Waals surface area contributed by atoms with Crippen molar-refractivity contribution >= 4 is 11.6 Å². The van der Waals surface area contributed by atoms with E-state index in [1.807, 2.05) is 31.2 Å². The van der Waals surface area contributed by atoms with Crippen LogP contribution in [-0.4, -0.2) is 46.2 Å². The number of nitrogens with one attached hydrogen (secondary N) is 1. The molecule has 1 amide bonds. The fourth-order valence-corrected chi connectivity index (χ4v) is 2.43. The summed E-state index contributed by atoms with van der Waals surface area (Å²) in [5.41, 5.74) is 3.46. The van der Waals surface area contributed by atoms with E-state index in [1.165, 1.54) is 6.20 Å². The summed E-state index contributed by atoms with van der Waals surface area (Å²) in [5, 5.41) is 10.9. The molecule has 0 radical (unpaired) electrons. The maximum atomic E-state index is 12.5. The van der Waals surface area contributed by atoms with Crippen molar-refractivity contribution in [1.82, 2.24) is 20.0 Å². The minimum atomic E-state index is -0.347. The van der Waals surface area contributed by atoms with Gasteiger partial charge in [-0.25, -0.2) is 9.67 Å². The second-order valence-electron chi connectivity index (χ2n) is 5.95. The molecule has 8 heteroatoms. The van der Waals surface area contributed by atoms with Crippen molar-refractivity contribution in [2.24, 2.45) is 0 Å². The Morgan fingerprint density at radius 2 is 1.89 bits per heavy atom. The summed E-state index contributed by atoms with van der Waals surface area (Å²) in [4.78, 5) is 16.7. The van der Waals surface area contributed by atoms with Crippen molar-refractivity contribution in [3.63, 3.8) is 0 Å². The third-order valence-electron chi connectivity index (χ3n) is 3.92. The quantitative estimate of drug-likeness (QED) is 0.646. The molecule has 0 aliphatic carbocycles. The van der Waals surface area contributed by atoms with Gasteiger partial charge >= 0.3 is 0 Å². The van der Waals surface area contributed by atoms with E-state index < -0.39 is 0 Å². The number of benzene rings is 1. The summed E-state index contributed by atoms with van der Waals surface area (Å²) in [6, 6.07) is 11.2. The Kier molecular flexibility index (Phi) is 5.77. The Morgan fingerprint density at radius 1 is 1.11 bits per heavy atom. The van der Waals surface area contributed by atoms with Gasteiger partial charge in [-0.3, -0.25) is 4.79 Å². The summed E-state index contributed by atoms with van der Waals surface area (Å²) in [6.45, 7) is 4.71. The number of aryl methyl sites for hydroxylation is 1. The number of hydrogen-bond donors (Lipinski definition) is 1. The SMILES string of the molecule is COCCOc1ccc(NC(=O)c2nnn(-c3ccc(C)cc3)c2C)cn1. The van der Waals surface area contributed by atoms with E-state index in [9.17, 15) is 4.79 Å². The fraction of sp³-hybridized carbons (Fsp3) is 0.263. The first kappa shape index (κ1) is 18.5. The van der Waals surface area contributed by atoms with Crippen LogP contribution >= 0.6 is 0 Å². The zero-order chi connectivity index (χ0) is 19.2. The maximum Gasteiger partial charge on any atom is 0.278 e. The monoisotopic (exact) mass is 367 g/mol.